The van der Waals surface area contributed by atoms with E-state index in [-0.39, 0.29) is 41.2 Å². The van der Waals surface area contributed by atoms with Crippen molar-refractivity contribution in [1.82, 2.24) is 30.5 Å². The Hall–Kier alpha value is -2.88. The number of hydrazine groups is 1. The predicted molar refractivity (Wildman–Crippen MR) is 120 cm³/mol. The van der Waals surface area contributed by atoms with Gasteiger partial charge in [-0.05, 0) is 56.7 Å². The zero-order chi connectivity index (χ0) is 24.0. The first-order chi connectivity index (χ1) is 16.4. The minimum absolute atomic E-state index is 0.00352. The van der Waals surface area contributed by atoms with Gasteiger partial charge in [-0.25, -0.2) is 14.2 Å². The van der Waals surface area contributed by atoms with E-state index in [1.165, 1.54) is 6.07 Å². The van der Waals surface area contributed by atoms with Crippen LogP contribution < -0.4 is 10.9 Å². The zero-order valence-corrected chi connectivity index (χ0v) is 19.4. The van der Waals surface area contributed by atoms with Crippen molar-refractivity contribution in [3.63, 3.8) is 0 Å². The molecule has 0 bridgehead atoms. The molecule has 1 saturated heterocycles. The number of nitrogens with zero attached hydrogens (tertiary/aromatic N) is 4. The van der Waals surface area contributed by atoms with Crippen LogP contribution in [0.5, 0.6) is 0 Å². The van der Waals surface area contributed by atoms with E-state index in [1.54, 1.807) is 28.5 Å². The van der Waals surface area contributed by atoms with E-state index < -0.39 is 24.4 Å². The SMILES string of the molecule is CC1c2nnc(CF)n2C(C)CN1C(=O)c1cc(CC2NNC(=O)C3CCCCC23)ccc1F. The summed E-state index contributed by atoms with van der Waals surface area (Å²) in [5.74, 6) is 0.0210. The summed E-state index contributed by atoms with van der Waals surface area (Å²) in [7, 11) is 0. The summed E-state index contributed by atoms with van der Waals surface area (Å²) >= 11 is 0. The number of carbonyl (C=O) groups excluding carboxylic acids is 2. The number of aromatic nitrogens is 3. The Labute approximate surface area is 197 Å². The van der Waals surface area contributed by atoms with Crippen LogP contribution in [0.2, 0.25) is 0 Å². The van der Waals surface area contributed by atoms with Crippen molar-refractivity contribution in [3.8, 4) is 0 Å². The van der Waals surface area contributed by atoms with Crippen LogP contribution in [0, 0.1) is 17.7 Å². The van der Waals surface area contributed by atoms with Crippen LogP contribution in [0.15, 0.2) is 18.2 Å². The maximum Gasteiger partial charge on any atom is 0.257 e. The fourth-order valence-corrected chi connectivity index (χ4v) is 5.92. The molecular formula is C24H30F2N6O2. The number of nitrogens with one attached hydrogen (secondary N) is 2. The largest absolute Gasteiger partial charge is 0.327 e. The highest BCUT2D eigenvalue weighted by Crippen LogP contribution is 2.36. The molecule has 182 valence electrons. The summed E-state index contributed by atoms with van der Waals surface area (Å²) < 4.78 is 29.9. The number of amides is 2. The molecule has 1 saturated carbocycles. The number of halogens is 2. The Morgan fingerprint density at radius 2 is 2.00 bits per heavy atom. The lowest BCUT2D eigenvalue weighted by molar-refractivity contribution is -0.133. The van der Waals surface area contributed by atoms with Crippen LogP contribution in [-0.2, 0) is 17.9 Å². The second-order valence-electron chi connectivity index (χ2n) is 9.77. The minimum Gasteiger partial charge on any atom is -0.327 e. The minimum atomic E-state index is -0.730. The lowest BCUT2D eigenvalue weighted by atomic mass is 9.72. The molecule has 1 aliphatic carbocycles. The van der Waals surface area contributed by atoms with Gasteiger partial charge < -0.3 is 9.47 Å². The van der Waals surface area contributed by atoms with Crippen molar-refractivity contribution in [2.75, 3.05) is 6.54 Å². The van der Waals surface area contributed by atoms with E-state index in [0.29, 0.717) is 18.8 Å². The number of rotatable bonds is 4. The molecule has 1 aromatic heterocycles. The van der Waals surface area contributed by atoms with Gasteiger partial charge >= 0.3 is 0 Å². The molecule has 3 aliphatic rings. The fourth-order valence-electron chi connectivity index (χ4n) is 5.92. The average Bonchev–Trinajstić information content (AvgIpc) is 3.29. The van der Waals surface area contributed by atoms with Crippen molar-refractivity contribution in [2.24, 2.45) is 11.8 Å². The smallest absolute Gasteiger partial charge is 0.257 e. The zero-order valence-electron chi connectivity index (χ0n) is 19.4. The Morgan fingerprint density at radius 3 is 2.79 bits per heavy atom. The highest BCUT2D eigenvalue weighted by atomic mass is 19.1. The van der Waals surface area contributed by atoms with Crippen LogP contribution in [0.25, 0.3) is 0 Å². The highest BCUT2D eigenvalue weighted by Gasteiger charge is 2.40. The van der Waals surface area contributed by atoms with E-state index in [0.717, 1.165) is 31.2 Å². The Kier molecular flexibility index (Phi) is 6.09. The normalized spacial score (nSPS) is 28.8. The molecule has 2 amide bonds. The van der Waals surface area contributed by atoms with Crippen molar-refractivity contribution < 1.29 is 18.4 Å². The van der Waals surface area contributed by atoms with Crippen LogP contribution in [0.4, 0.5) is 8.78 Å². The Morgan fingerprint density at radius 1 is 1.21 bits per heavy atom. The van der Waals surface area contributed by atoms with Crippen LogP contribution in [0.1, 0.15) is 79.2 Å². The van der Waals surface area contributed by atoms with E-state index in [9.17, 15) is 18.4 Å². The third-order valence-corrected chi connectivity index (χ3v) is 7.69. The number of alkyl halides is 1. The molecule has 2 fully saturated rings. The van der Waals surface area contributed by atoms with Crippen LogP contribution in [0.3, 0.4) is 0 Å². The van der Waals surface area contributed by atoms with Crippen LogP contribution >= 0.6 is 0 Å². The van der Waals surface area contributed by atoms with Gasteiger partial charge in [0.2, 0.25) is 5.91 Å². The maximum absolute atomic E-state index is 14.8. The van der Waals surface area contributed by atoms with E-state index in [2.05, 4.69) is 21.0 Å². The molecule has 5 rings (SSSR count). The first-order valence-corrected chi connectivity index (χ1v) is 12.0. The standard InChI is InChI=1S/C24H30F2N6O2/c1-13-12-31(14(2)22-29-28-21(11-25)32(13)22)24(34)18-9-15(7-8-19(18)26)10-20-16-5-3-4-6-17(16)23(33)30-27-20/h7-9,13-14,16-17,20,27H,3-6,10-12H2,1-2H3,(H,30,33). The van der Waals surface area contributed by atoms with Gasteiger partial charge in [0.05, 0.1) is 17.6 Å². The molecule has 0 spiro atoms. The molecule has 2 aromatic rings. The second-order valence-corrected chi connectivity index (χ2v) is 9.77. The molecule has 5 atom stereocenters. The van der Waals surface area contributed by atoms with Gasteiger partial charge in [0, 0.05) is 18.5 Å². The van der Waals surface area contributed by atoms with E-state index in [4.69, 9.17) is 0 Å². The summed E-state index contributed by atoms with van der Waals surface area (Å²) in [6.07, 6.45) is 4.61. The second kappa shape index (κ2) is 9.05. The van der Waals surface area contributed by atoms with Crippen molar-refractivity contribution in [2.45, 2.75) is 70.8 Å². The number of carbonyl (C=O) groups is 2. The average molecular weight is 473 g/mol. The molecule has 8 nitrogen and oxygen atoms in total. The Bertz CT molecular complexity index is 1110. The predicted octanol–water partition coefficient (Wildman–Crippen LogP) is 3.02. The molecule has 2 aliphatic heterocycles. The van der Waals surface area contributed by atoms with Gasteiger partial charge in [-0.3, -0.25) is 15.0 Å². The molecule has 5 unspecified atom stereocenters. The summed E-state index contributed by atoms with van der Waals surface area (Å²) in [4.78, 5) is 27.3. The molecule has 2 N–H and O–H groups in total. The molecule has 0 radical (unpaired) electrons. The van der Waals surface area contributed by atoms with Gasteiger partial charge in [-0.1, -0.05) is 18.9 Å². The maximum atomic E-state index is 14.8. The van der Waals surface area contributed by atoms with Gasteiger partial charge in [0.1, 0.15) is 12.5 Å². The highest BCUT2D eigenvalue weighted by molar-refractivity contribution is 5.95. The van der Waals surface area contributed by atoms with Crippen molar-refractivity contribution in [1.29, 1.82) is 0 Å². The lowest BCUT2D eigenvalue weighted by Crippen LogP contribution is -2.60. The molecule has 10 heteroatoms. The van der Waals surface area contributed by atoms with Crippen molar-refractivity contribution in [3.05, 3.63) is 46.8 Å². The molecule has 3 heterocycles. The summed E-state index contributed by atoms with van der Waals surface area (Å²) in [5.41, 5.74) is 6.78. The summed E-state index contributed by atoms with van der Waals surface area (Å²) in [6.45, 7) is 3.24. The van der Waals surface area contributed by atoms with Gasteiger partial charge in [0.25, 0.3) is 5.91 Å². The van der Waals surface area contributed by atoms with Crippen molar-refractivity contribution >= 4 is 11.8 Å². The first kappa shape index (κ1) is 22.9. The summed E-state index contributed by atoms with van der Waals surface area (Å²) in [5, 5.41) is 8.00. The first-order valence-electron chi connectivity index (χ1n) is 12.0. The van der Waals surface area contributed by atoms with Gasteiger partial charge in [-0.15, -0.1) is 10.2 Å². The quantitative estimate of drug-likeness (QED) is 0.714. The van der Waals surface area contributed by atoms with E-state index in [1.807, 2.05) is 6.92 Å². The van der Waals surface area contributed by atoms with Gasteiger partial charge in [-0.2, -0.15) is 0 Å². The number of hydrogen-bond donors (Lipinski definition) is 2. The summed E-state index contributed by atoms with van der Waals surface area (Å²) in [6, 6.07) is 4.01. The lowest BCUT2D eigenvalue weighted by Gasteiger charge is -2.41. The topological polar surface area (TPSA) is 92.2 Å². The number of benzene rings is 1. The number of fused-ring (bicyclic) bond motifs is 2. The van der Waals surface area contributed by atoms with Crippen LogP contribution in [-0.4, -0.2) is 44.1 Å². The third kappa shape index (κ3) is 3.87. The Balaban J connectivity index is 1.38. The monoisotopic (exact) mass is 472 g/mol. The van der Waals surface area contributed by atoms with E-state index >= 15 is 0 Å². The molecule has 1 aromatic carbocycles. The third-order valence-electron chi connectivity index (χ3n) is 7.69. The number of hydrogen-bond acceptors (Lipinski definition) is 5. The van der Waals surface area contributed by atoms with Gasteiger partial charge in [0.15, 0.2) is 11.6 Å². The molecular weight excluding hydrogens is 442 g/mol. The molecule has 34 heavy (non-hydrogen) atoms. The fraction of sp³-hybridized carbons (Fsp3) is 0.583.